The highest BCUT2D eigenvalue weighted by atomic mass is 19.1. The van der Waals surface area contributed by atoms with Crippen LogP contribution in [0, 0.1) is 5.82 Å². The first-order valence-electron chi connectivity index (χ1n) is 8.58. The smallest absolute Gasteiger partial charge is 0.342 e. The van der Waals surface area contributed by atoms with Crippen molar-refractivity contribution in [2.75, 3.05) is 14.1 Å². The molecule has 5 nitrogen and oxygen atoms in total. The summed E-state index contributed by atoms with van der Waals surface area (Å²) in [7, 11) is 4.15. The van der Waals surface area contributed by atoms with Crippen molar-refractivity contribution >= 4 is 11.7 Å². The second kappa shape index (κ2) is 7.95. The molecule has 1 fully saturated rings. The molecule has 138 valence electrons. The van der Waals surface area contributed by atoms with Crippen molar-refractivity contribution in [1.82, 2.24) is 4.90 Å². The van der Waals surface area contributed by atoms with E-state index in [0.29, 0.717) is 6.04 Å². The minimum Gasteiger partial charge on any atom is -0.456 e. The van der Waals surface area contributed by atoms with Gasteiger partial charge in [0.05, 0.1) is 5.71 Å². The number of nitrogens with zero attached hydrogens (tertiary/aromatic N) is 2. The summed E-state index contributed by atoms with van der Waals surface area (Å²) in [5.74, 6) is -0.964. The van der Waals surface area contributed by atoms with Gasteiger partial charge in [-0.15, -0.1) is 0 Å². The van der Waals surface area contributed by atoms with Crippen LogP contribution >= 0.6 is 0 Å². The van der Waals surface area contributed by atoms with Gasteiger partial charge in [0.25, 0.3) is 0 Å². The minimum absolute atomic E-state index is 0.0801. The zero-order chi connectivity index (χ0) is 18.6. The Kier molecular flexibility index (Phi) is 6.16. The van der Waals surface area contributed by atoms with E-state index in [9.17, 15) is 9.18 Å². The quantitative estimate of drug-likeness (QED) is 0.608. The van der Waals surface area contributed by atoms with Crippen LogP contribution in [0.25, 0.3) is 0 Å². The van der Waals surface area contributed by atoms with E-state index in [1.54, 1.807) is 20.8 Å². The number of oxime groups is 1. The number of rotatable bonds is 4. The first-order valence-corrected chi connectivity index (χ1v) is 8.58. The lowest BCUT2D eigenvalue weighted by molar-refractivity contribution is 0.00657. The molecular weight excluding hydrogens is 323 g/mol. The van der Waals surface area contributed by atoms with Crippen molar-refractivity contribution < 1.29 is 18.8 Å². The number of esters is 1. The predicted octanol–water partition coefficient (Wildman–Crippen LogP) is 4.02. The van der Waals surface area contributed by atoms with Crippen LogP contribution in [0.3, 0.4) is 0 Å². The second-order valence-corrected chi connectivity index (χ2v) is 7.59. The normalized spacial score (nSPS) is 18.2. The summed E-state index contributed by atoms with van der Waals surface area (Å²) in [6.07, 6.45) is 3.69. The topological polar surface area (TPSA) is 51.1 Å². The molecule has 0 N–H and O–H groups in total. The van der Waals surface area contributed by atoms with E-state index in [1.165, 1.54) is 12.1 Å². The Hall–Kier alpha value is -1.95. The molecule has 1 aromatic carbocycles. The van der Waals surface area contributed by atoms with Gasteiger partial charge in [0.15, 0.2) is 5.75 Å². The van der Waals surface area contributed by atoms with Crippen molar-refractivity contribution in [2.24, 2.45) is 5.16 Å². The van der Waals surface area contributed by atoms with Crippen LogP contribution in [0.1, 0.15) is 56.8 Å². The molecule has 1 aliphatic carbocycles. The standard InChI is InChI=1S/C19H27FN2O3/c1-19(2,3)24-18(23)16-11-6-13(20)12-17(16)25-21-14-7-9-15(10-8-14)22(4)5/h6,11-12,15H,7-10H2,1-5H3. The predicted molar refractivity (Wildman–Crippen MR) is 95.6 cm³/mol. The number of benzene rings is 1. The first-order chi connectivity index (χ1) is 11.7. The van der Waals surface area contributed by atoms with E-state index in [0.717, 1.165) is 37.5 Å². The number of halogens is 1. The minimum atomic E-state index is -0.640. The Labute approximate surface area is 148 Å². The fourth-order valence-corrected chi connectivity index (χ4v) is 2.73. The van der Waals surface area contributed by atoms with Gasteiger partial charge < -0.3 is 14.5 Å². The van der Waals surface area contributed by atoms with Gasteiger partial charge in [0.1, 0.15) is 17.0 Å². The molecule has 0 bridgehead atoms. The van der Waals surface area contributed by atoms with Crippen LogP contribution < -0.4 is 4.84 Å². The molecule has 0 amide bonds. The molecular formula is C19H27FN2O3. The summed E-state index contributed by atoms with van der Waals surface area (Å²) < 4.78 is 18.9. The lowest BCUT2D eigenvalue weighted by Gasteiger charge is -2.28. The largest absolute Gasteiger partial charge is 0.456 e. The molecule has 0 radical (unpaired) electrons. The number of carbonyl (C=O) groups is 1. The van der Waals surface area contributed by atoms with E-state index in [2.05, 4.69) is 24.2 Å². The Morgan fingerprint density at radius 3 is 2.44 bits per heavy atom. The molecule has 0 atom stereocenters. The van der Waals surface area contributed by atoms with E-state index >= 15 is 0 Å². The molecule has 0 aliphatic heterocycles. The maximum atomic E-state index is 13.6. The summed E-state index contributed by atoms with van der Waals surface area (Å²) in [5, 5.41) is 4.15. The molecule has 0 spiro atoms. The average Bonchev–Trinajstić information content (AvgIpc) is 2.51. The molecule has 1 aromatic rings. The summed E-state index contributed by atoms with van der Waals surface area (Å²) in [6.45, 7) is 5.33. The maximum absolute atomic E-state index is 13.6. The lowest BCUT2D eigenvalue weighted by Crippen LogP contribution is -2.32. The third-order valence-electron chi connectivity index (χ3n) is 4.10. The van der Waals surface area contributed by atoms with Crippen LogP contribution in [-0.2, 0) is 4.74 Å². The highest BCUT2D eigenvalue weighted by Crippen LogP contribution is 2.25. The molecule has 0 aromatic heterocycles. The highest BCUT2D eigenvalue weighted by Gasteiger charge is 2.23. The zero-order valence-electron chi connectivity index (χ0n) is 15.6. The van der Waals surface area contributed by atoms with Gasteiger partial charge in [-0.1, -0.05) is 5.16 Å². The van der Waals surface area contributed by atoms with Crippen LogP contribution in [0.15, 0.2) is 23.4 Å². The average molecular weight is 350 g/mol. The molecule has 0 saturated heterocycles. The van der Waals surface area contributed by atoms with Gasteiger partial charge in [-0.05, 0) is 72.7 Å². The van der Waals surface area contributed by atoms with E-state index in [4.69, 9.17) is 9.57 Å². The number of carbonyl (C=O) groups excluding carboxylic acids is 1. The number of ether oxygens (including phenoxy) is 1. The maximum Gasteiger partial charge on any atom is 0.342 e. The van der Waals surface area contributed by atoms with Crippen molar-refractivity contribution in [3.63, 3.8) is 0 Å². The summed E-state index contributed by atoms with van der Waals surface area (Å²) >= 11 is 0. The highest BCUT2D eigenvalue weighted by molar-refractivity contribution is 5.93. The van der Waals surface area contributed by atoms with Gasteiger partial charge in [0, 0.05) is 12.1 Å². The third kappa shape index (κ3) is 5.81. The van der Waals surface area contributed by atoms with Crippen molar-refractivity contribution in [1.29, 1.82) is 0 Å². The van der Waals surface area contributed by atoms with Gasteiger partial charge in [-0.3, -0.25) is 0 Å². The first kappa shape index (κ1) is 19.4. The van der Waals surface area contributed by atoms with Crippen molar-refractivity contribution in [3.8, 4) is 5.75 Å². The van der Waals surface area contributed by atoms with Gasteiger partial charge >= 0.3 is 5.97 Å². The molecule has 25 heavy (non-hydrogen) atoms. The Bertz CT molecular complexity index is 641. The number of hydrogen-bond acceptors (Lipinski definition) is 5. The number of hydrogen-bond donors (Lipinski definition) is 0. The van der Waals surface area contributed by atoms with Crippen LogP contribution in [0.4, 0.5) is 4.39 Å². The fourth-order valence-electron chi connectivity index (χ4n) is 2.73. The van der Waals surface area contributed by atoms with Gasteiger partial charge in [0.2, 0.25) is 0 Å². The second-order valence-electron chi connectivity index (χ2n) is 7.59. The Morgan fingerprint density at radius 1 is 1.24 bits per heavy atom. The SMILES string of the molecule is CN(C)C1CCC(=NOc2cc(F)ccc2C(=O)OC(C)(C)C)CC1. The van der Waals surface area contributed by atoms with Crippen LogP contribution in [0.2, 0.25) is 0 Å². The fraction of sp³-hybridized carbons (Fsp3) is 0.579. The molecule has 1 aliphatic rings. The van der Waals surface area contributed by atoms with E-state index < -0.39 is 17.4 Å². The molecule has 2 rings (SSSR count). The van der Waals surface area contributed by atoms with Crippen molar-refractivity contribution in [2.45, 2.75) is 58.1 Å². The summed E-state index contributed by atoms with van der Waals surface area (Å²) in [5.41, 5.74) is 0.458. The zero-order valence-corrected chi connectivity index (χ0v) is 15.6. The Balaban J connectivity index is 2.10. The molecule has 6 heteroatoms. The lowest BCUT2D eigenvalue weighted by atomic mass is 9.93. The third-order valence-corrected chi connectivity index (χ3v) is 4.10. The molecule has 1 saturated carbocycles. The Morgan fingerprint density at radius 2 is 1.88 bits per heavy atom. The van der Waals surface area contributed by atoms with Crippen molar-refractivity contribution in [3.05, 3.63) is 29.6 Å². The van der Waals surface area contributed by atoms with E-state index in [1.807, 2.05) is 0 Å². The molecule has 0 unspecified atom stereocenters. The summed E-state index contributed by atoms with van der Waals surface area (Å²) in [4.78, 5) is 19.9. The summed E-state index contributed by atoms with van der Waals surface area (Å²) in [6, 6.07) is 4.28. The monoisotopic (exact) mass is 350 g/mol. The van der Waals surface area contributed by atoms with Crippen LogP contribution in [-0.4, -0.2) is 42.3 Å². The van der Waals surface area contributed by atoms with Gasteiger partial charge in [-0.2, -0.15) is 0 Å². The molecule has 0 heterocycles. The van der Waals surface area contributed by atoms with Crippen LogP contribution in [0.5, 0.6) is 5.75 Å². The van der Waals surface area contributed by atoms with E-state index in [-0.39, 0.29) is 11.3 Å². The van der Waals surface area contributed by atoms with Gasteiger partial charge in [-0.25, -0.2) is 9.18 Å².